The van der Waals surface area contributed by atoms with Gasteiger partial charge in [0, 0.05) is 25.4 Å². The van der Waals surface area contributed by atoms with Gasteiger partial charge < -0.3 is 9.05 Å². The third-order valence-corrected chi connectivity index (χ3v) is 2.85. The lowest BCUT2D eigenvalue weighted by molar-refractivity contribution is 0.286. The molecule has 0 spiro atoms. The number of rotatable bonds is 4. The fourth-order valence-corrected chi connectivity index (χ4v) is 1.60. The molecule has 0 aromatic heterocycles. The molecule has 0 amide bonds. The van der Waals surface area contributed by atoms with Gasteiger partial charge in [-0.25, -0.2) is 0 Å². The van der Waals surface area contributed by atoms with E-state index in [1.165, 1.54) is 20.0 Å². The van der Waals surface area contributed by atoms with Crippen LogP contribution in [0.4, 0.5) is 0 Å². The van der Waals surface area contributed by atoms with E-state index >= 15 is 0 Å². The predicted octanol–water partition coefficient (Wildman–Crippen LogP) is 2.38. The van der Waals surface area contributed by atoms with Crippen LogP contribution < -0.4 is 0 Å². The predicted molar refractivity (Wildman–Crippen MR) is 44.6 cm³/mol. The van der Waals surface area contributed by atoms with Crippen LogP contribution in [-0.2, 0) is 13.6 Å². The fourth-order valence-electron chi connectivity index (χ4n) is 0.365. The van der Waals surface area contributed by atoms with Crippen molar-refractivity contribution in [3.63, 3.8) is 0 Å². The zero-order valence-corrected chi connectivity index (χ0v) is 8.39. The van der Waals surface area contributed by atoms with Gasteiger partial charge in [0.1, 0.15) is 0 Å². The van der Waals surface area contributed by atoms with Gasteiger partial charge in [0.2, 0.25) is 0 Å². The van der Waals surface area contributed by atoms with Crippen LogP contribution in [0.1, 0.15) is 0 Å². The standard InChI is InChI=1S/C5H10BrO3P/c1-8-10(7,9-2)5-3-4-6/h3,5H,4H2,1-2H3/b5-3+. The maximum absolute atomic E-state index is 11.2. The Hall–Kier alpha value is 0.370. The Morgan fingerprint density at radius 2 is 2.00 bits per heavy atom. The summed E-state index contributed by atoms with van der Waals surface area (Å²) in [5.74, 6) is 1.42. The van der Waals surface area contributed by atoms with Crippen molar-refractivity contribution < 1.29 is 13.6 Å². The van der Waals surface area contributed by atoms with Crippen LogP contribution in [0.25, 0.3) is 0 Å². The van der Waals surface area contributed by atoms with Gasteiger partial charge in [0.15, 0.2) is 0 Å². The van der Waals surface area contributed by atoms with Crippen LogP contribution in [-0.4, -0.2) is 19.5 Å². The lowest BCUT2D eigenvalue weighted by atomic mass is 10.8. The summed E-state index contributed by atoms with van der Waals surface area (Å²) in [6.07, 6.45) is 1.67. The minimum absolute atomic E-state index is 0.643. The van der Waals surface area contributed by atoms with E-state index in [0.29, 0.717) is 5.33 Å². The molecule has 0 radical (unpaired) electrons. The summed E-state index contributed by atoms with van der Waals surface area (Å²) < 4.78 is 20.4. The van der Waals surface area contributed by atoms with Gasteiger partial charge in [-0.1, -0.05) is 22.0 Å². The zero-order valence-electron chi connectivity index (χ0n) is 5.91. The van der Waals surface area contributed by atoms with Gasteiger partial charge >= 0.3 is 7.60 Å². The molecule has 0 bridgehead atoms. The number of alkyl halides is 1. The molecular weight excluding hydrogens is 219 g/mol. The number of hydrogen-bond donors (Lipinski definition) is 0. The lowest BCUT2D eigenvalue weighted by Crippen LogP contribution is -1.82. The molecule has 0 saturated carbocycles. The average Bonchev–Trinajstić information content (AvgIpc) is 2.00. The molecule has 5 heteroatoms. The highest BCUT2D eigenvalue weighted by Crippen LogP contribution is 2.47. The molecule has 60 valence electrons. The van der Waals surface area contributed by atoms with E-state index in [0.717, 1.165) is 0 Å². The Morgan fingerprint density at radius 1 is 1.50 bits per heavy atom. The SMILES string of the molecule is COP(=O)(/C=C/CBr)OC. The minimum Gasteiger partial charge on any atom is -0.309 e. The fraction of sp³-hybridized carbons (Fsp3) is 0.600. The van der Waals surface area contributed by atoms with Gasteiger partial charge in [0.25, 0.3) is 0 Å². The van der Waals surface area contributed by atoms with Crippen molar-refractivity contribution in [2.24, 2.45) is 0 Å². The molecule has 0 aliphatic carbocycles. The van der Waals surface area contributed by atoms with Crippen LogP contribution in [0.15, 0.2) is 11.9 Å². The Bertz CT molecular complexity index is 149. The Balaban J connectivity index is 4.07. The van der Waals surface area contributed by atoms with Gasteiger partial charge in [-0.05, 0) is 0 Å². The maximum Gasteiger partial charge on any atom is 0.353 e. The molecule has 0 aliphatic rings. The second-order valence-electron chi connectivity index (χ2n) is 1.44. The van der Waals surface area contributed by atoms with Crippen LogP contribution in [0.3, 0.4) is 0 Å². The van der Waals surface area contributed by atoms with E-state index in [1.807, 2.05) is 0 Å². The summed E-state index contributed by atoms with van der Waals surface area (Å²) in [5.41, 5.74) is 0. The molecule has 0 N–H and O–H groups in total. The summed E-state index contributed by atoms with van der Waals surface area (Å²) in [6, 6.07) is 0. The molecule has 10 heavy (non-hydrogen) atoms. The topological polar surface area (TPSA) is 35.5 Å². The van der Waals surface area contributed by atoms with E-state index in [-0.39, 0.29) is 0 Å². The molecule has 0 aromatic rings. The molecule has 0 aromatic carbocycles. The quantitative estimate of drug-likeness (QED) is 0.548. The highest BCUT2D eigenvalue weighted by molar-refractivity contribution is 9.09. The van der Waals surface area contributed by atoms with Crippen LogP contribution in [0.5, 0.6) is 0 Å². The first-order valence-corrected chi connectivity index (χ1v) is 5.36. The van der Waals surface area contributed by atoms with Crippen molar-refractivity contribution in [3.8, 4) is 0 Å². The smallest absolute Gasteiger partial charge is 0.309 e. The van der Waals surface area contributed by atoms with Crippen molar-refractivity contribution in [3.05, 3.63) is 11.9 Å². The largest absolute Gasteiger partial charge is 0.353 e. The normalized spacial score (nSPS) is 12.7. The first-order valence-electron chi connectivity index (χ1n) is 2.63. The lowest BCUT2D eigenvalue weighted by Gasteiger charge is -2.06. The zero-order chi connectivity index (χ0) is 8.04. The molecule has 0 fully saturated rings. The maximum atomic E-state index is 11.2. The van der Waals surface area contributed by atoms with Crippen LogP contribution >= 0.6 is 23.5 Å². The highest BCUT2D eigenvalue weighted by Gasteiger charge is 2.14. The molecule has 0 unspecified atom stereocenters. The Morgan fingerprint density at radius 3 is 2.30 bits per heavy atom. The molecule has 0 atom stereocenters. The molecule has 0 aliphatic heterocycles. The van der Waals surface area contributed by atoms with Crippen molar-refractivity contribution in [2.75, 3.05) is 19.5 Å². The molecule has 0 saturated heterocycles. The second-order valence-corrected chi connectivity index (χ2v) is 4.20. The summed E-state index contributed by atoms with van der Waals surface area (Å²) in [6.45, 7) is 0. The summed E-state index contributed by atoms with van der Waals surface area (Å²) in [4.78, 5) is 0. The number of allylic oxidation sites excluding steroid dienone is 1. The minimum atomic E-state index is -2.91. The summed E-state index contributed by atoms with van der Waals surface area (Å²) in [7, 11) is -0.208. The van der Waals surface area contributed by atoms with E-state index in [4.69, 9.17) is 0 Å². The van der Waals surface area contributed by atoms with Crippen molar-refractivity contribution in [1.29, 1.82) is 0 Å². The van der Waals surface area contributed by atoms with Gasteiger partial charge in [0.05, 0.1) is 0 Å². The van der Waals surface area contributed by atoms with Gasteiger partial charge in [-0.15, -0.1) is 0 Å². The van der Waals surface area contributed by atoms with Crippen molar-refractivity contribution in [2.45, 2.75) is 0 Å². The summed E-state index contributed by atoms with van der Waals surface area (Å²) >= 11 is 3.14. The molecular formula is C5H10BrO3P. The van der Waals surface area contributed by atoms with E-state index in [2.05, 4.69) is 25.0 Å². The highest BCUT2D eigenvalue weighted by atomic mass is 79.9. The van der Waals surface area contributed by atoms with E-state index in [9.17, 15) is 4.57 Å². The first kappa shape index (κ1) is 10.4. The van der Waals surface area contributed by atoms with Crippen molar-refractivity contribution in [1.82, 2.24) is 0 Å². The molecule has 0 rings (SSSR count). The van der Waals surface area contributed by atoms with Crippen LogP contribution in [0.2, 0.25) is 0 Å². The molecule has 3 nitrogen and oxygen atoms in total. The van der Waals surface area contributed by atoms with Crippen LogP contribution in [0, 0.1) is 0 Å². The molecule has 0 heterocycles. The van der Waals surface area contributed by atoms with Crippen molar-refractivity contribution >= 4 is 23.5 Å². The van der Waals surface area contributed by atoms with Gasteiger partial charge in [-0.3, -0.25) is 4.57 Å². The summed E-state index contributed by atoms with van der Waals surface area (Å²) in [5, 5.41) is 0.643. The third-order valence-electron chi connectivity index (χ3n) is 0.886. The monoisotopic (exact) mass is 228 g/mol. The van der Waals surface area contributed by atoms with E-state index in [1.54, 1.807) is 6.08 Å². The average molecular weight is 229 g/mol. The first-order chi connectivity index (χ1) is 4.68. The third kappa shape index (κ3) is 3.52. The Labute approximate surface area is 69.1 Å². The second kappa shape index (κ2) is 5.08. The van der Waals surface area contributed by atoms with E-state index < -0.39 is 7.60 Å². The number of halogens is 1. The number of hydrogen-bond acceptors (Lipinski definition) is 3. The van der Waals surface area contributed by atoms with Gasteiger partial charge in [-0.2, -0.15) is 0 Å². The Kier molecular flexibility index (Phi) is 5.27.